The van der Waals surface area contributed by atoms with Gasteiger partial charge in [0.25, 0.3) is 0 Å². The second kappa shape index (κ2) is 6.89. The van der Waals surface area contributed by atoms with E-state index in [-0.39, 0.29) is 12.0 Å². The minimum Gasteiger partial charge on any atom is -0.461 e. The molecule has 0 heterocycles. The van der Waals surface area contributed by atoms with Gasteiger partial charge in [0.2, 0.25) is 5.91 Å². The maximum atomic E-state index is 11.7. The molecule has 0 spiro atoms. The first-order valence-electron chi connectivity index (χ1n) is 6.12. The van der Waals surface area contributed by atoms with Crippen LogP contribution in [0.15, 0.2) is 30.3 Å². The largest absolute Gasteiger partial charge is 0.461 e. The van der Waals surface area contributed by atoms with Crippen molar-refractivity contribution in [3.05, 3.63) is 35.9 Å². The number of rotatable bonds is 5. The van der Waals surface area contributed by atoms with E-state index >= 15 is 0 Å². The SMILES string of the molecule is CC(=O)NC(c1ccccc1)C(O)C(=O)OC(C)C. The Kier molecular flexibility index (Phi) is 5.51. The maximum absolute atomic E-state index is 11.7. The van der Waals surface area contributed by atoms with Crippen LogP contribution in [0.2, 0.25) is 0 Å². The van der Waals surface area contributed by atoms with Crippen LogP contribution in [-0.4, -0.2) is 29.2 Å². The fourth-order valence-corrected chi connectivity index (χ4v) is 1.66. The van der Waals surface area contributed by atoms with E-state index in [0.29, 0.717) is 5.56 Å². The molecule has 0 saturated heterocycles. The summed E-state index contributed by atoms with van der Waals surface area (Å²) >= 11 is 0. The van der Waals surface area contributed by atoms with E-state index in [1.54, 1.807) is 38.1 Å². The lowest BCUT2D eigenvalue weighted by Gasteiger charge is -2.23. The van der Waals surface area contributed by atoms with Crippen LogP contribution in [0.1, 0.15) is 32.4 Å². The molecule has 5 heteroatoms. The van der Waals surface area contributed by atoms with Crippen LogP contribution < -0.4 is 5.32 Å². The first-order chi connectivity index (χ1) is 8.91. The van der Waals surface area contributed by atoms with Gasteiger partial charge in [-0.3, -0.25) is 4.79 Å². The van der Waals surface area contributed by atoms with Crippen LogP contribution in [0.3, 0.4) is 0 Å². The molecular weight excluding hydrogens is 246 g/mol. The second-order valence-electron chi connectivity index (χ2n) is 4.52. The standard InChI is InChI=1S/C14H19NO4/c1-9(2)19-14(18)13(17)12(15-10(3)16)11-7-5-4-6-8-11/h4-9,12-13,17H,1-3H3,(H,15,16). The fraction of sp³-hybridized carbons (Fsp3) is 0.429. The lowest BCUT2D eigenvalue weighted by molar-refractivity contribution is -0.159. The molecule has 0 aliphatic carbocycles. The van der Waals surface area contributed by atoms with E-state index in [1.807, 2.05) is 6.07 Å². The number of carbonyl (C=O) groups excluding carboxylic acids is 2. The van der Waals surface area contributed by atoms with Crippen LogP contribution in [0.5, 0.6) is 0 Å². The highest BCUT2D eigenvalue weighted by atomic mass is 16.6. The van der Waals surface area contributed by atoms with Crippen molar-refractivity contribution in [1.82, 2.24) is 5.32 Å². The van der Waals surface area contributed by atoms with Crippen LogP contribution >= 0.6 is 0 Å². The number of aliphatic hydroxyl groups excluding tert-OH is 1. The summed E-state index contributed by atoms with van der Waals surface area (Å²) in [5.41, 5.74) is 0.644. The Labute approximate surface area is 112 Å². The summed E-state index contributed by atoms with van der Waals surface area (Å²) in [6.07, 6.45) is -1.76. The summed E-state index contributed by atoms with van der Waals surface area (Å²) in [6.45, 7) is 4.72. The van der Waals surface area contributed by atoms with Gasteiger partial charge in [-0.1, -0.05) is 30.3 Å². The van der Waals surface area contributed by atoms with Gasteiger partial charge in [-0.15, -0.1) is 0 Å². The van der Waals surface area contributed by atoms with Crippen molar-refractivity contribution in [1.29, 1.82) is 0 Å². The highest BCUT2D eigenvalue weighted by molar-refractivity contribution is 5.79. The van der Waals surface area contributed by atoms with Gasteiger partial charge in [0, 0.05) is 6.92 Å². The molecule has 1 amide bonds. The van der Waals surface area contributed by atoms with Crippen molar-refractivity contribution in [3.8, 4) is 0 Å². The molecule has 19 heavy (non-hydrogen) atoms. The molecule has 2 unspecified atom stereocenters. The molecule has 0 aliphatic rings. The first-order valence-corrected chi connectivity index (χ1v) is 6.12. The van der Waals surface area contributed by atoms with Gasteiger partial charge in [-0.2, -0.15) is 0 Å². The Morgan fingerprint density at radius 1 is 1.21 bits per heavy atom. The number of aliphatic hydroxyl groups is 1. The number of hydrogen-bond acceptors (Lipinski definition) is 4. The molecule has 0 saturated carbocycles. The van der Waals surface area contributed by atoms with E-state index in [1.165, 1.54) is 6.92 Å². The number of esters is 1. The molecular formula is C14H19NO4. The minimum absolute atomic E-state index is 0.323. The topological polar surface area (TPSA) is 75.6 Å². The van der Waals surface area contributed by atoms with Crippen LogP contribution in [-0.2, 0) is 14.3 Å². The average molecular weight is 265 g/mol. The van der Waals surface area contributed by atoms with Gasteiger partial charge in [-0.05, 0) is 19.4 Å². The van der Waals surface area contributed by atoms with Gasteiger partial charge in [0.1, 0.15) is 0 Å². The highest BCUT2D eigenvalue weighted by Crippen LogP contribution is 2.18. The maximum Gasteiger partial charge on any atom is 0.337 e. The molecule has 0 aliphatic heterocycles. The zero-order valence-corrected chi connectivity index (χ0v) is 11.3. The summed E-state index contributed by atoms with van der Waals surface area (Å²) < 4.78 is 4.96. The van der Waals surface area contributed by atoms with Gasteiger partial charge in [-0.25, -0.2) is 4.79 Å². The minimum atomic E-state index is -1.44. The van der Waals surface area contributed by atoms with Gasteiger partial charge in [0.05, 0.1) is 12.1 Å². The van der Waals surface area contributed by atoms with Crippen molar-refractivity contribution in [3.63, 3.8) is 0 Å². The lowest BCUT2D eigenvalue weighted by atomic mass is 10.0. The third kappa shape index (κ3) is 4.71. The third-order valence-electron chi connectivity index (χ3n) is 2.43. The molecule has 2 N–H and O–H groups in total. The van der Waals surface area contributed by atoms with Crippen molar-refractivity contribution in [2.75, 3.05) is 0 Å². The summed E-state index contributed by atoms with van der Waals surface area (Å²) in [7, 11) is 0. The number of nitrogens with one attached hydrogen (secondary N) is 1. The summed E-state index contributed by atoms with van der Waals surface area (Å²) in [6, 6.07) is 7.99. The molecule has 5 nitrogen and oxygen atoms in total. The molecule has 2 atom stereocenters. The Bertz CT molecular complexity index is 430. The molecule has 0 radical (unpaired) electrons. The molecule has 1 rings (SSSR count). The number of amides is 1. The average Bonchev–Trinajstić information content (AvgIpc) is 2.35. The van der Waals surface area contributed by atoms with Crippen molar-refractivity contribution in [2.45, 2.75) is 39.0 Å². The van der Waals surface area contributed by atoms with Crippen LogP contribution in [0.25, 0.3) is 0 Å². The van der Waals surface area contributed by atoms with Gasteiger partial charge < -0.3 is 15.2 Å². The van der Waals surface area contributed by atoms with E-state index in [4.69, 9.17) is 4.74 Å². The quantitative estimate of drug-likeness (QED) is 0.784. The van der Waals surface area contributed by atoms with Gasteiger partial charge in [0.15, 0.2) is 6.10 Å². The fourth-order valence-electron chi connectivity index (χ4n) is 1.66. The van der Waals surface area contributed by atoms with E-state index in [2.05, 4.69) is 5.32 Å². The molecule has 1 aromatic rings. The van der Waals surface area contributed by atoms with E-state index in [9.17, 15) is 14.7 Å². The molecule has 104 valence electrons. The molecule has 0 bridgehead atoms. The predicted octanol–water partition coefficient (Wildman–Crippen LogP) is 1.18. The zero-order valence-electron chi connectivity index (χ0n) is 11.3. The van der Waals surface area contributed by atoms with Crippen molar-refractivity contribution < 1.29 is 19.4 Å². The monoisotopic (exact) mass is 265 g/mol. The molecule has 0 fully saturated rings. The summed E-state index contributed by atoms with van der Waals surface area (Å²) in [5, 5.41) is 12.6. The molecule has 0 aromatic heterocycles. The Hall–Kier alpha value is -1.88. The second-order valence-corrected chi connectivity index (χ2v) is 4.52. The van der Waals surface area contributed by atoms with Gasteiger partial charge >= 0.3 is 5.97 Å². The van der Waals surface area contributed by atoms with E-state index < -0.39 is 18.1 Å². The van der Waals surface area contributed by atoms with Crippen LogP contribution in [0.4, 0.5) is 0 Å². The Balaban J connectivity index is 2.91. The summed E-state index contributed by atoms with van der Waals surface area (Å²) in [4.78, 5) is 22.9. The normalized spacial score (nSPS) is 13.7. The smallest absolute Gasteiger partial charge is 0.337 e. The number of hydrogen-bond donors (Lipinski definition) is 2. The van der Waals surface area contributed by atoms with Crippen molar-refractivity contribution in [2.24, 2.45) is 0 Å². The van der Waals surface area contributed by atoms with Crippen LogP contribution in [0, 0.1) is 0 Å². The number of ether oxygens (including phenoxy) is 1. The Morgan fingerprint density at radius 3 is 2.26 bits per heavy atom. The first kappa shape index (κ1) is 15.2. The summed E-state index contributed by atoms with van der Waals surface area (Å²) in [5.74, 6) is -1.08. The Morgan fingerprint density at radius 2 is 1.79 bits per heavy atom. The highest BCUT2D eigenvalue weighted by Gasteiger charge is 2.30. The zero-order chi connectivity index (χ0) is 14.4. The lowest BCUT2D eigenvalue weighted by Crippen LogP contribution is -2.40. The molecule has 1 aromatic carbocycles. The third-order valence-corrected chi connectivity index (χ3v) is 2.43. The van der Waals surface area contributed by atoms with E-state index in [0.717, 1.165) is 0 Å². The number of carbonyl (C=O) groups is 2. The predicted molar refractivity (Wildman–Crippen MR) is 70.2 cm³/mol. The number of benzene rings is 1. The van der Waals surface area contributed by atoms with Crippen molar-refractivity contribution >= 4 is 11.9 Å².